The second-order valence-electron chi connectivity index (χ2n) is 3.55. The van der Waals surface area contributed by atoms with Crippen molar-refractivity contribution in [1.29, 1.82) is 0 Å². The van der Waals surface area contributed by atoms with Gasteiger partial charge in [0.2, 0.25) is 0 Å². The van der Waals surface area contributed by atoms with Crippen LogP contribution in [0.15, 0.2) is 28.3 Å². The highest BCUT2D eigenvalue weighted by Gasteiger charge is 2.17. The summed E-state index contributed by atoms with van der Waals surface area (Å²) in [6.07, 6.45) is 4.05. The summed E-state index contributed by atoms with van der Waals surface area (Å²) in [4.78, 5) is 5.14. The topological polar surface area (TPSA) is 38.0 Å². The van der Waals surface area contributed by atoms with Crippen LogP contribution in [-0.4, -0.2) is 14.7 Å². The van der Waals surface area contributed by atoms with Gasteiger partial charge in [0.05, 0.1) is 0 Å². The van der Waals surface area contributed by atoms with Crippen molar-refractivity contribution in [2.75, 3.05) is 0 Å². The van der Waals surface area contributed by atoms with Crippen LogP contribution in [0.25, 0.3) is 0 Å². The molecule has 0 radical (unpaired) electrons. The maximum Gasteiger partial charge on any atom is 0.146 e. The Morgan fingerprint density at radius 1 is 1.62 bits per heavy atom. The van der Waals surface area contributed by atoms with E-state index in [-0.39, 0.29) is 0 Å². The Kier molecular flexibility index (Phi) is 3.78. The average molecular weight is 301 g/mol. The summed E-state index contributed by atoms with van der Waals surface area (Å²) >= 11 is 4.92. The molecule has 0 aliphatic heterocycles. The standard InChI is InChI=1S/C11H13BrN2OS/c1-2-4-14-5-3-13-11(14)10(15)9-6-8(12)7-16-9/h3,5-7,10,15H,2,4H2,1H3. The molecular formula is C11H13BrN2OS. The Balaban J connectivity index is 2.26. The first kappa shape index (κ1) is 11.8. The molecule has 0 amide bonds. The van der Waals surface area contributed by atoms with Gasteiger partial charge in [-0.3, -0.25) is 0 Å². The molecule has 86 valence electrons. The van der Waals surface area contributed by atoms with Gasteiger partial charge >= 0.3 is 0 Å². The summed E-state index contributed by atoms with van der Waals surface area (Å²) in [6.45, 7) is 3.00. The van der Waals surface area contributed by atoms with E-state index in [1.54, 1.807) is 6.20 Å². The predicted molar refractivity (Wildman–Crippen MR) is 68.6 cm³/mol. The molecule has 5 heteroatoms. The summed E-state index contributed by atoms with van der Waals surface area (Å²) in [7, 11) is 0. The summed E-state index contributed by atoms with van der Waals surface area (Å²) < 4.78 is 3.00. The lowest BCUT2D eigenvalue weighted by Crippen LogP contribution is -2.08. The van der Waals surface area contributed by atoms with Gasteiger partial charge in [-0.05, 0) is 28.4 Å². The summed E-state index contributed by atoms with van der Waals surface area (Å²) in [5.74, 6) is 0.719. The van der Waals surface area contributed by atoms with Crippen molar-refractivity contribution < 1.29 is 5.11 Å². The number of aliphatic hydroxyl groups is 1. The van der Waals surface area contributed by atoms with Crippen molar-refractivity contribution in [3.05, 3.63) is 39.0 Å². The Labute approximate surface area is 107 Å². The van der Waals surface area contributed by atoms with E-state index in [2.05, 4.69) is 27.8 Å². The average Bonchev–Trinajstić information content (AvgIpc) is 2.87. The molecule has 0 saturated carbocycles. The first-order valence-electron chi connectivity index (χ1n) is 5.15. The van der Waals surface area contributed by atoms with Gasteiger partial charge in [-0.2, -0.15) is 0 Å². The van der Waals surface area contributed by atoms with E-state index in [0.29, 0.717) is 0 Å². The molecule has 2 rings (SSSR count). The number of aliphatic hydroxyl groups excluding tert-OH is 1. The zero-order chi connectivity index (χ0) is 11.5. The van der Waals surface area contributed by atoms with E-state index in [1.807, 2.05) is 22.2 Å². The van der Waals surface area contributed by atoms with Crippen molar-refractivity contribution >= 4 is 27.3 Å². The molecule has 0 saturated heterocycles. The molecule has 0 aliphatic rings. The van der Waals surface area contributed by atoms with Gasteiger partial charge in [0.25, 0.3) is 0 Å². The van der Waals surface area contributed by atoms with E-state index in [4.69, 9.17) is 0 Å². The van der Waals surface area contributed by atoms with Gasteiger partial charge in [-0.1, -0.05) is 6.92 Å². The number of imidazole rings is 1. The van der Waals surface area contributed by atoms with Gasteiger partial charge in [0.15, 0.2) is 0 Å². The third-order valence-corrected chi connectivity index (χ3v) is 4.06. The van der Waals surface area contributed by atoms with Crippen molar-refractivity contribution in [2.45, 2.75) is 26.0 Å². The van der Waals surface area contributed by atoms with Crippen molar-refractivity contribution in [3.63, 3.8) is 0 Å². The van der Waals surface area contributed by atoms with Crippen molar-refractivity contribution in [2.24, 2.45) is 0 Å². The summed E-state index contributed by atoms with van der Waals surface area (Å²) in [5, 5.41) is 12.2. The van der Waals surface area contributed by atoms with Crippen LogP contribution in [0.1, 0.15) is 30.2 Å². The molecule has 1 N–H and O–H groups in total. The number of aromatic nitrogens is 2. The van der Waals surface area contributed by atoms with E-state index in [0.717, 1.165) is 28.1 Å². The third-order valence-electron chi connectivity index (χ3n) is 2.31. The van der Waals surface area contributed by atoms with E-state index < -0.39 is 6.10 Å². The molecule has 0 fully saturated rings. The molecule has 2 aromatic rings. The number of hydrogen-bond acceptors (Lipinski definition) is 3. The largest absolute Gasteiger partial charge is 0.380 e. The highest BCUT2D eigenvalue weighted by Crippen LogP contribution is 2.29. The fourth-order valence-electron chi connectivity index (χ4n) is 1.60. The molecule has 1 atom stereocenters. The number of thiophene rings is 1. The molecule has 2 heterocycles. The highest BCUT2D eigenvalue weighted by atomic mass is 79.9. The molecule has 0 bridgehead atoms. The Morgan fingerprint density at radius 2 is 2.44 bits per heavy atom. The molecule has 2 aromatic heterocycles. The van der Waals surface area contributed by atoms with Crippen LogP contribution >= 0.6 is 27.3 Å². The Bertz CT molecular complexity index is 466. The highest BCUT2D eigenvalue weighted by molar-refractivity contribution is 9.10. The van der Waals surface area contributed by atoms with Crippen LogP contribution in [0.3, 0.4) is 0 Å². The zero-order valence-corrected chi connectivity index (χ0v) is 11.3. The van der Waals surface area contributed by atoms with E-state index in [1.165, 1.54) is 11.3 Å². The SMILES string of the molecule is CCCn1ccnc1C(O)c1cc(Br)cs1. The van der Waals surface area contributed by atoms with E-state index in [9.17, 15) is 5.11 Å². The van der Waals surface area contributed by atoms with Crippen LogP contribution in [0, 0.1) is 0 Å². The fraction of sp³-hybridized carbons (Fsp3) is 0.364. The number of aryl methyl sites for hydroxylation is 1. The smallest absolute Gasteiger partial charge is 0.146 e. The maximum atomic E-state index is 10.2. The molecule has 0 aliphatic carbocycles. The first-order valence-corrected chi connectivity index (χ1v) is 6.82. The number of nitrogens with zero attached hydrogens (tertiary/aromatic N) is 2. The van der Waals surface area contributed by atoms with Gasteiger partial charge < -0.3 is 9.67 Å². The van der Waals surface area contributed by atoms with Crippen LogP contribution in [-0.2, 0) is 6.54 Å². The minimum atomic E-state index is -0.627. The summed E-state index contributed by atoms with van der Waals surface area (Å²) in [6, 6.07) is 1.93. The molecule has 1 unspecified atom stereocenters. The van der Waals surface area contributed by atoms with Crippen LogP contribution in [0.2, 0.25) is 0 Å². The van der Waals surface area contributed by atoms with Crippen LogP contribution in [0.5, 0.6) is 0 Å². The first-order chi connectivity index (χ1) is 7.72. The lowest BCUT2D eigenvalue weighted by Gasteiger charge is -2.10. The predicted octanol–water partition coefficient (Wildman–Crippen LogP) is 3.20. The molecule has 3 nitrogen and oxygen atoms in total. The number of halogens is 1. The second kappa shape index (κ2) is 5.12. The van der Waals surface area contributed by atoms with Crippen LogP contribution in [0.4, 0.5) is 0 Å². The summed E-state index contributed by atoms with van der Waals surface area (Å²) in [5.41, 5.74) is 0. The monoisotopic (exact) mass is 300 g/mol. The van der Waals surface area contributed by atoms with Gasteiger partial charge in [-0.25, -0.2) is 4.98 Å². The minimum Gasteiger partial charge on any atom is -0.380 e. The minimum absolute atomic E-state index is 0.627. The Morgan fingerprint density at radius 3 is 3.06 bits per heavy atom. The maximum absolute atomic E-state index is 10.2. The molecule has 16 heavy (non-hydrogen) atoms. The van der Waals surface area contributed by atoms with Crippen molar-refractivity contribution in [1.82, 2.24) is 9.55 Å². The molecule has 0 aromatic carbocycles. The van der Waals surface area contributed by atoms with Gasteiger partial charge in [-0.15, -0.1) is 11.3 Å². The molecular weight excluding hydrogens is 288 g/mol. The Hall–Kier alpha value is -0.650. The lowest BCUT2D eigenvalue weighted by atomic mass is 10.2. The molecule has 0 spiro atoms. The number of hydrogen-bond donors (Lipinski definition) is 1. The van der Waals surface area contributed by atoms with Crippen molar-refractivity contribution in [3.8, 4) is 0 Å². The third kappa shape index (κ3) is 2.36. The normalized spacial score (nSPS) is 12.9. The second-order valence-corrected chi connectivity index (χ2v) is 5.41. The van der Waals surface area contributed by atoms with Gasteiger partial charge in [0, 0.05) is 33.7 Å². The van der Waals surface area contributed by atoms with Gasteiger partial charge in [0.1, 0.15) is 11.9 Å². The van der Waals surface area contributed by atoms with E-state index >= 15 is 0 Å². The quantitative estimate of drug-likeness (QED) is 0.941. The fourth-order valence-corrected chi connectivity index (χ4v) is 3.02. The van der Waals surface area contributed by atoms with Crippen LogP contribution < -0.4 is 0 Å². The zero-order valence-electron chi connectivity index (χ0n) is 8.93. The number of rotatable bonds is 4. The lowest BCUT2D eigenvalue weighted by molar-refractivity contribution is 0.208.